The van der Waals surface area contributed by atoms with Crippen molar-refractivity contribution < 1.29 is 0 Å². The fourth-order valence-electron chi connectivity index (χ4n) is 0.913. The number of hydrogen-bond acceptors (Lipinski definition) is 4. The topological polar surface area (TPSA) is 47.3 Å². The molecule has 0 aliphatic carbocycles. The zero-order valence-corrected chi connectivity index (χ0v) is 7.47. The zero-order valence-electron chi connectivity index (χ0n) is 5.90. The third kappa shape index (κ3) is 1.11. The lowest BCUT2D eigenvalue weighted by Crippen LogP contribution is -2.10. The van der Waals surface area contributed by atoms with Crippen LogP contribution in [0.2, 0.25) is 0 Å². The summed E-state index contributed by atoms with van der Waals surface area (Å²) >= 11 is 6.93. The van der Waals surface area contributed by atoms with Crippen LogP contribution in [-0.2, 0) is 5.88 Å². The SMILES string of the molecule is O=c1cc(CCl)n2ncsc2n1. The molecule has 6 heteroatoms. The van der Waals surface area contributed by atoms with E-state index in [2.05, 4.69) is 10.1 Å². The van der Waals surface area contributed by atoms with E-state index in [0.29, 0.717) is 10.7 Å². The van der Waals surface area contributed by atoms with Crippen molar-refractivity contribution in [1.29, 1.82) is 0 Å². The van der Waals surface area contributed by atoms with Gasteiger partial charge in [0, 0.05) is 6.07 Å². The summed E-state index contributed by atoms with van der Waals surface area (Å²) in [6.07, 6.45) is 0. The number of alkyl halides is 1. The van der Waals surface area contributed by atoms with Gasteiger partial charge in [-0.15, -0.1) is 11.6 Å². The van der Waals surface area contributed by atoms with Crippen molar-refractivity contribution in [3.63, 3.8) is 0 Å². The molecule has 0 N–H and O–H groups in total. The van der Waals surface area contributed by atoms with Crippen molar-refractivity contribution in [2.75, 3.05) is 0 Å². The number of fused-ring (bicyclic) bond motifs is 1. The third-order valence-electron chi connectivity index (χ3n) is 1.41. The molecule has 0 aliphatic rings. The quantitative estimate of drug-likeness (QED) is 0.644. The fraction of sp³-hybridized carbons (Fsp3) is 0.167. The van der Waals surface area contributed by atoms with Gasteiger partial charge in [0.15, 0.2) is 0 Å². The molecule has 4 nitrogen and oxygen atoms in total. The van der Waals surface area contributed by atoms with E-state index in [0.717, 1.165) is 0 Å². The molecule has 0 spiro atoms. The van der Waals surface area contributed by atoms with Crippen molar-refractivity contribution in [2.45, 2.75) is 5.88 Å². The van der Waals surface area contributed by atoms with Crippen LogP contribution in [0.4, 0.5) is 0 Å². The summed E-state index contributed by atoms with van der Waals surface area (Å²) in [4.78, 5) is 15.3. The standard InChI is InChI=1S/C6H4ClN3OS/c7-2-4-1-5(11)9-6-10(4)8-3-12-6/h1,3H,2H2. The Morgan fingerprint density at radius 2 is 2.50 bits per heavy atom. The second-order valence-electron chi connectivity index (χ2n) is 2.15. The minimum Gasteiger partial charge on any atom is -0.267 e. The lowest BCUT2D eigenvalue weighted by atomic mass is 10.4. The van der Waals surface area contributed by atoms with Gasteiger partial charge in [0.1, 0.15) is 5.51 Å². The minimum absolute atomic E-state index is 0.267. The smallest absolute Gasteiger partial charge is 0.267 e. The van der Waals surface area contributed by atoms with Crippen LogP contribution in [0, 0.1) is 0 Å². The molecule has 2 rings (SSSR count). The first-order valence-electron chi connectivity index (χ1n) is 3.19. The van der Waals surface area contributed by atoms with E-state index in [4.69, 9.17) is 11.6 Å². The van der Waals surface area contributed by atoms with Gasteiger partial charge in [-0.05, 0) is 0 Å². The minimum atomic E-state index is -0.269. The summed E-state index contributed by atoms with van der Waals surface area (Å²) in [5, 5.41) is 3.98. The zero-order chi connectivity index (χ0) is 8.55. The first kappa shape index (κ1) is 7.70. The van der Waals surface area contributed by atoms with Gasteiger partial charge >= 0.3 is 0 Å². The summed E-state index contributed by atoms with van der Waals surface area (Å²) < 4.78 is 1.57. The molecule has 62 valence electrons. The number of aromatic nitrogens is 3. The van der Waals surface area contributed by atoms with Crippen LogP contribution < -0.4 is 5.56 Å². The van der Waals surface area contributed by atoms with Gasteiger partial charge in [-0.3, -0.25) is 4.79 Å². The van der Waals surface area contributed by atoms with Gasteiger partial charge in [0.05, 0.1) is 11.6 Å². The predicted octanol–water partition coefficient (Wildman–Crippen LogP) is 0.890. The van der Waals surface area contributed by atoms with Crippen molar-refractivity contribution in [2.24, 2.45) is 0 Å². The molecular formula is C6H4ClN3OS. The second kappa shape index (κ2) is 2.84. The van der Waals surface area contributed by atoms with Crippen LogP contribution >= 0.6 is 22.9 Å². The maximum atomic E-state index is 11.0. The highest BCUT2D eigenvalue weighted by Crippen LogP contribution is 2.07. The van der Waals surface area contributed by atoms with Gasteiger partial charge < -0.3 is 0 Å². The van der Waals surface area contributed by atoms with E-state index in [1.54, 1.807) is 10.0 Å². The number of hydrogen-bond donors (Lipinski definition) is 0. The molecule has 0 saturated carbocycles. The van der Waals surface area contributed by atoms with Crippen LogP contribution in [0.3, 0.4) is 0 Å². The lowest BCUT2D eigenvalue weighted by Gasteiger charge is -1.95. The molecule has 0 fully saturated rings. The number of rotatable bonds is 1. The Hall–Kier alpha value is -0.940. The molecule has 0 aliphatic heterocycles. The summed E-state index contributed by atoms with van der Waals surface area (Å²) in [6.45, 7) is 0. The van der Waals surface area contributed by atoms with Gasteiger partial charge in [0.25, 0.3) is 5.56 Å². The molecule has 0 bridgehead atoms. The highest BCUT2D eigenvalue weighted by Gasteiger charge is 2.02. The second-order valence-corrected chi connectivity index (χ2v) is 3.23. The fourth-order valence-corrected chi connectivity index (χ4v) is 1.75. The monoisotopic (exact) mass is 201 g/mol. The van der Waals surface area contributed by atoms with Crippen LogP contribution in [0.15, 0.2) is 16.4 Å². The van der Waals surface area contributed by atoms with Crippen LogP contribution in [0.25, 0.3) is 4.96 Å². The van der Waals surface area contributed by atoms with Gasteiger partial charge in [-0.2, -0.15) is 10.1 Å². The Kier molecular flexibility index (Phi) is 1.82. The molecule has 0 aromatic carbocycles. The van der Waals surface area contributed by atoms with E-state index in [9.17, 15) is 4.79 Å². The molecule has 0 unspecified atom stereocenters. The van der Waals surface area contributed by atoms with E-state index in [1.165, 1.54) is 17.4 Å². The van der Waals surface area contributed by atoms with Crippen molar-refractivity contribution in [3.05, 3.63) is 27.6 Å². The van der Waals surface area contributed by atoms with E-state index >= 15 is 0 Å². The van der Waals surface area contributed by atoms with E-state index in [-0.39, 0.29) is 11.4 Å². The molecule has 0 atom stereocenters. The summed E-state index contributed by atoms with van der Waals surface area (Å²) in [5.74, 6) is 0.267. The molecule has 2 aromatic rings. The summed E-state index contributed by atoms with van der Waals surface area (Å²) in [6, 6.07) is 1.39. The Morgan fingerprint density at radius 3 is 3.25 bits per heavy atom. The highest BCUT2D eigenvalue weighted by molar-refractivity contribution is 7.14. The maximum absolute atomic E-state index is 11.0. The molecule has 0 saturated heterocycles. The molecule has 0 radical (unpaired) electrons. The van der Waals surface area contributed by atoms with Crippen LogP contribution in [-0.4, -0.2) is 14.6 Å². The first-order valence-corrected chi connectivity index (χ1v) is 4.61. The van der Waals surface area contributed by atoms with Crippen molar-refractivity contribution in [1.82, 2.24) is 14.6 Å². The van der Waals surface area contributed by atoms with Crippen LogP contribution in [0.1, 0.15) is 5.69 Å². The number of nitrogens with zero attached hydrogens (tertiary/aromatic N) is 3. The van der Waals surface area contributed by atoms with Gasteiger partial charge in [-0.1, -0.05) is 11.3 Å². The Morgan fingerprint density at radius 1 is 1.67 bits per heavy atom. The summed E-state index contributed by atoms with van der Waals surface area (Å²) in [7, 11) is 0. The Balaban J connectivity index is 2.89. The maximum Gasteiger partial charge on any atom is 0.274 e. The van der Waals surface area contributed by atoms with E-state index in [1.807, 2.05) is 0 Å². The Labute approximate surface area is 76.4 Å². The van der Waals surface area contributed by atoms with Crippen molar-refractivity contribution in [3.8, 4) is 0 Å². The molecule has 0 amide bonds. The first-order chi connectivity index (χ1) is 5.81. The van der Waals surface area contributed by atoms with Crippen LogP contribution in [0.5, 0.6) is 0 Å². The lowest BCUT2D eigenvalue weighted by molar-refractivity contribution is 0.878. The average molecular weight is 202 g/mol. The summed E-state index contributed by atoms with van der Waals surface area (Å²) in [5.41, 5.74) is 2.03. The largest absolute Gasteiger partial charge is 0.274 e. The molecule has 2 aromatic heterocycles. The van der Waals surface area contributed by atoms with Gasteiger partial charge in [0.2, 0.25) is 4.96 Å². The normalized spacial score (nSPS) is 10.8. The molecule has 2 heterocycles. The Bertz CT molecular complexity index is 463. The highest BCUT2D eigenvalue weighted by atomic mass is 35.5. The average Bonchev–Trinajstić information content (AvgIpc) is 2.50. The van der Waals surface area contributed by atoms with E-state index < -0.39 is 0 Å². The van der Waals surface area contributed by atoms with Crippen molar-refractivity contribution >= 4 is 27.9 Å². The molecule has 12 heavy (non-hydrogen) atoms. The number of halogens is 1. The van der Waals surface area contributed by atoms with Gasteiger partial charge in [-0.25, -0.2) is 4.52 Å². The predicted molar refractivity (Wildman–Crippen MR) is 46.7 cm³/mol. The molecular weight excluding hydrogens is 198 g/mol. The third-order valence-corrected chi connectivity index (χ3v) is 2.36.